The molecule has 2 saturated carbocycles. The molecule has 3 aliphatic carbocycles. The molecule has 0 radical (unpaired) electrons. The highest BCUT2D eigenvalue weighted by atomic mass is 16.4. The molecule has 3 heteroatoms. The lowest BCUT2D eigenvalue weighted by atomic mass is 9.53. The van der Waals surface area contributed by atoms with Crippen LogP contribution in [-0.4, -0.2) is 30.0 Å². The summed E-state index contributed by atoms with van der Waals surface area (Å²) in [6.07, 6.45) is 11.8. The molecule has 0 unspecified atom stereocenters. The van der Waals surface area contributed by atoms with E-state index in [9.17, 15) is 10.2 Å². The van der Waals surface area contributed by atoms with Crippen LogP contribution in [0.15, 0.2) is 18.2 Å². The first-order valence-corrected chi connectivity index (χ1v) is 9.32. The lowest BCUT2D eigenvalue weighted by Gasteiger charge is -2.52. The van der Waals surface area contributed by atoms with Crippen LogP contribution in [0.2, 0.25) is 0 Å². The number of ether oxygens (including phenoxy) is 1. The minimum Gasteiger partial charge on any atom is -0.508 e. The highest BCUT2D eigenvalue weighted by Crippen LogP contribution is 2.64. The molecule has 0 heterocycles. The number of aliphatic hydroxyl groups is 1. The van der Waals surface area contributed by atoms with Crippen molar-refractivity contribution in [1.82, 2.24) is 0 Å². The maximum atomic E-state index is 10.9. The van der Waals surface area contributed by atoms with Gasteiger partial charge in [-0.15, -0.1) is 6.42 Å². The largest absolute Gasteiger partial charge is 0.508 e. The Kier molecular flexibility index (Phi) is 4.88. The van der Waals surface area contributed by atoms with E-state index in [-0.39, 0.29) is 5.41 Å². The topological polar surface area (TPSA) is 49.7 Å². The number of aryl methyl sites for hydroxylation is 1. The molecule has 0 bridgehead atoms. The zero-order valence-electron chi connectivity index (χ0n) is 15.6. The monoisotopic (exact) mass is 342 g/mol. The van der Waals surface area contributed by atoms with E-state index < -0.39 is 5.60 Å². The first kappa shape index (κ1) is 18.3. The van der Waals surface area contributed by atoms with Gasteiger partial charge in [0.05, 0.1) is 0 Å². The number of benzene rings is 1. The van der Waals surface area contributed by atoms with Crippen LogP contribution in [0, 0.1) is 29.6 Å². The molecule has 4 rings (SSSR count). The van der Waals surface area contributed by atoms with Gasteiger partial charge in [0.2, 0.25) is 0 Å². The van der Waals surface area contributed by atoms with Crippen molar-refractivity contribution in [2.24, 2.45) is 17.3 Å². The summed E-state index contributed by atoms with van der Waals surface area (Å²) in [6, 6.07) is 5.87. The number of terminal acetylenes is 1. The van der Waals surface area contributed by atoms with E-state index in [4.69, 9.17) is 6.42 Å². The summed E-state index contributed by atoms with van der Waals surface area (Å²) in [5.41, 5.74) is 1.69. The van der Waals surface area contributed by atoms with Gasteiger partial charge in [0.1, 0.15) is 11.4 Å². The summed E-state index contributed by atoms with van der Waals surface area (Å²) in [4.78, 5) is 0. The number of phenolic OH excluding ortho intramolecular Hbond substituents is 1. The van der Waals surface area contributed by atoms with Crippen molar-refractivity contribution in [2.75, 3.05) is 14.2 Å². The maximum Gasteiger partial charge on any atom is 0.130 e. The van der Waals surface area contributed by atoms with E-state index in [0.29, 0.717) is 23.5 Å². The second-order valence-corrected chi connectivity index (χ2v) is 8.21. The molecule has 0 amide bonds. The second kappa shape index (κ2) is 6.67. The molecule has 136 valence electrons. The standard InChI is InChI=1S/C20H24O2.C2H6O/c1-3-20(22)11-9-18-17-6-4-13-12-14(21)5-7-15(13)16(17)8-10-19(18,20)2;1-3-2/h1,5,7,12,16-18,21-22H,4,6,8-11H2,2H3;1-2H3/t16-,17-,18+,19+,20+;/m1./s1. The van der Waals surface area contributed by atoms with Gasteiger partial charge in [-0.25, -0.2) is 0 Å². The molecule has 2 fully saturated rings. The number of hydrogen-bond donors (Lipinski definition) is 2. The van der Waals surface area contributed by atoms with E-state index in [0.717, 1.165) is 38.5 Å². The number of fused-ring (bicyclic) bond motifs is 5. The minimum absolute atomic E-state index is 0.128. The molecular formula is C22H30O3. The number of phenols is 1. The SMILES string of the molecule is C#C[C@]1(O)CC[C@H]2[C@@H]3CCc4cc(O)ccc4[C@H]3CC[C@@]21C.COC. The van der Waals surface area contributed by atoms with Crippen LogP contribution in [0.1, 0.15) is 56.1 Å². The van der Waals surface area contributed by atoms with E-state index in [1.807, 2.05) is 12.1 Å². The molecule has 0 saturated heterocycles. The highest BCUT2D eigenvalue weighted by molar-refractivity contribution is 5.40. The van der Waals surface area contributed by atoms with Gasteiger partial charge in [-0.3, -0.25) is 0 Å². The normalized spacial score (nSPS) is 38.4. The zero-order chi connectivity index (χ0) is 18.2. The van der Waals surface area contributed by atoms with Crippen LogP contribution in [0.25, 0.3) is 0 Å². The minimum atomic E-state index is -0.919. The zero-order valence-corrected chi connectivity index (χ0v) is 15.6. The summed E-state index contributed by atoms with van der Waals surface area (Å²) in [5, 5.41) is 20.6. The predicted octanol–water partition coefficient (Wildman–Crippen LogP) is 3.88. The van der Waals surface area contributed by atoms with E-state index in [2.05, 4.69) is 23.6 Å². The van der Waals surface area contributed by atoms with Crippen LogP contribution in [0.5, 0.6) is 5.75 Å². The van der Waals surface area contributed by atoms with Crippen LogP contribution in [-0.2, 0) is 11.2 Å². The lowest BCUT2D eigenvalue weighted by molar-refractivity contribution is -0.0646. The lowest BCUT2D eigenvalue weighted by Crippen LogP contribution is -2.50. The van der Waals surface area contributed by atoms with E-state index >= 15 is 0 Å². The van der Waals surface area contributed by atoms with Crippen LogP contribution >= 0.6 is 0 Å². The van der Waals surface area contributed by atoms with Gasteiger partial charge in [-0.1, -0.05) is 18.9 Å². The molecule has 3 aliphatic rings. The smallest absolute Gasteiger partial charge is 0.130 e. The molecule has 0 aliphatic heterocycles. The Morgan fingerprint density at radius 3 is 2.60 bits per heavy atom. The second-order valence-electron chi connectivity index (χ2n) is 8.21. The van der Waals surface area contributed by atoms with Gasteiger partial charge >= 0.3 is 0 Å². The quantitative estimate of drug-likeness (QED) is 0.704. The Morgan fingerprint density at radius 2 is 1.92 bits per heavy atom. The predicted molar refractivity (Wildman–Crippen MR) is 99.4 cm³/mol. The Labute approximate surface area is 151 Å². The van der Waals surface area contributed by atoms with E-state index in [1.54, 1.807) is 14.2 Å². The van der Waals surface area contributed by atoms with E-state index in [1.165, 1.54) is 11.1 Å². The molecule has 0 aromatic heterocycles. The fraction of sp³-hybridized carbons (Fsp3) is 0.636. The van der Waals surface area contributed by atoms with Gasteiger partial charge in [-0.05, 0) is 79.5 Å². The van der Waals surface area contributed by atoms with Crippen molar-refractivity contribution in [2.45, 2.75) is 57.0 Å². The number of methoxy groups -OCH3 is 1. The Hall–Kier alpha value is -1.50. The van der Waals surface area contributed by atoms with Crippen molar-refractivity contribution >= 4 is 0 Å². The average Bonchev–Trinajstić information content (AvgIpc) is 2.87. The van der Waals surface area contributed by atoms with Crippen molar-refractivity contribution in [3.8, 4) is 18.1 Å². The van der Waals surface area contributed by atoms with Gasteiger partial charge in [0.25, 0.3) is 0 Å². The molecule has 0 spiro atoms. The molecular weight excluding hydrogens is 312 g/mol. The van der Waals surface area contributed by atoms with Crippen LogP contribution < -0.4 is 0 Å². The first-order valence-electron chi connectivity index (χ1n) is 9.32. The van der Waals surface area contributed by atoms with Crippen LogP contribution in [0.4, 0.5) is 0 Å². The number of aromatic hydroxyl groups is 1. The van der Waals surface area contributed by atoms with Gasteiger partial charge in [-0.2, -0.15) is 0 Å². The third-order valence-corrected chi connectivity index (χ3v) is 7.10. The molecule has 1 aromatic carbocycles. The summed E-state index contributed by atoms with van der Waals surface area (Å²) in [6.45, 7) is 2.22. The maximum absolute atomic E-state index is 10.9. The third-order valence-electron chi connectivity index (χ3n) is 7.10. The van der Waals surface area contributed by atoms with Gasteiger partial charge < -0.3 is 14.9 Å². The van der Waals surface area contributed by atoms with Crippen molar-refractivity contribution in [1.29, 1.82) is 0 Å². The van der Waals surface area contributed by atoms with Crippen molar-refractivity contribution < 1.29 is 14.9 Å². The summed E-state index contributed by atoms with van der Waals surface area (Å²) in [7, 11) is 3.25. The first-order chi connectivity index (χ1) is 11.9. The molecule has 25 heavy (non-hydrogen) atoms. The Morgan fingerprint density at radius 1 is 1.20 bits per heavy atom. The summed E-state index contributed by atoms with van der Waals surface area (Å²) >= 11 is 0. The molecule has 2 N–H and O–H groups in total. The van der Waals surface area contributed by atoms with Crippen LogP contribution in [0.3, 0.4) is 0 Å². The van der Waals surface area contributed by atoms with Gasteiger partial charge in [0.15, 0.2) is 0 Å². The Bertz CT molecular complexity index is 676. The fourth-order valence-electron chi connectivity index (χ4n) is 5.82. The third kappa shape index (κ3) is 2.76. The average molecular weight is 342 g/mol. The van der Waals surface area contributed by atoms with Gasteiger partial charge in [0, 0.05) is 19.6 Å². The summed E-state index contributed by atoms with van der Waals surface area (Å²) < 4.78 is 4.25. The molecule has 1 aromatic rings. The van der Waals surface area contributed by atoms with Crippen molar-refractivity contribution in [3.63, 3.8) is 0 Å². The molecule has 5 atom stereocenters. The number of rotatable bonds is 0. The highest BCUT2D eigenvalue weighted by Gasteiger charge is 2.61. The summed E-state index contributed by atoms with van der Waals surface area (Å²) in [5.74, 6) is 4.82. The molecule has 3 nitrogen and oxygen atoms in total. The fourth-order valence-corrected chi connectivity index (χ4v) is 5.82. The van der Waals surface area contributed by atoms with Crippen molar-refractivity contribution in [3.05, 3.63) is 29.3 Å². The Balaban J connectivity index is 0.000000569. The number of hydrogen-bond acceptors (Lipinski definition) is 3.